The Kier molecular flexibility index (Phi) is 3.51. The Labute approximate surface area is 81.1 Å². The van der Waals surface area contributed by atoms with E-state index in [1.54, 1.807) is 6.08 Å². The van der Waals surface area contributed by atoms with Gasteiger partial charge in [-0.15, -0.1) is 0 Å². The molecule has 74 valence electrons. The number of hydrogen-bond donors (Lipinski definition) is 0. The van der Waals surface area contributed by atoms with Gasteiger partial charge in [-0.05, 0) is 30.7 Å². The molecule has 1 rings (SSSR count). The Bertz CT molecular complexity index is 370. The second-order valence-corrected chi connectivity index (χ2v) is 2.80. The van der Waals surface area contributed by atoms with Crippen molar-refractivity contribution in [1.82, 2.24) is 0 Å². The molecule has 0 fully saturated rings. The highest BCUT2D eigenvalue weighted by Gasteiger charge is 2.06. The standard InChI is InChI=1S/C11H10F2O/c1-2-3-4-11(14)8-5-6-9(12)10(13)7-8/h3-7H,2H2,1H3/b4-3+. The molecule has 0 amide bonds. The van der Waals surface area contributed by atoms with Gasteiger partial charge in [-0.2, -0.15) is 0 Å². The van der Waals surface area contributed by atoms with E-state index in [1.807, 2.05) is 6.92 Å². The van der Waals surface area contributed by atoms with Crippen LogP contribution in [0.3, 0.4) is 0 Å². The van der Waals surface area contributed by atoms with Gasteiger partial charge in [0.1, 0.15) is 0 Å². The number of rotatable bonds is 3. The van der Waals surface area contributed by atoms with Crippen LogP contribution in [0.1, 0.15) is 23.7 Å². The van der Waals surface area contributed by atoms with E-state index in [1.165, 1.54) is 12.1 Å². The number of ketones is 1. The molecular weight excluding hydrogens is 186 g/mol. The number of halogens is 2. The Balaban J connectivity index is 2.91. The monoisotopic (exact) mass is 196 g/mol. The smallest absolute Gasteiger partial charge is 0.185 e. The van der Waals surface area contributed by atoms with Crippen LogP contribution in [0.25, 0.3) is 0 Å². The Morgan fingerprint density at radius 2 is 2.07 bits per heavy atom. The molecule has 0 N–H and O–H groups in total. The Morgan fingerprint density at radius 3 is 2.64 bits per heavy atom. The van der Waals surface area contributed by atoms with Gasteiger partial charge >= 0.3 is 0 Å². The number of allylic oxidation sites excluding steroid dienone is 2. The molecule has 0 heterocycles. The summed E-state index contributed by atoms with van der Waals surface area (Å²) >= 11 is 0. The van der Waals surface area contributed by atoms with Crippen LogP contribution in [-0.2, 0) is 0 Å². The Hall–Kier alpha value is -1.51. The first-order chi connectivity index (χ1) is 6.65. The van der Waals surface area contributed by atoms with E-state index >= 15 is 0 Å². The predicted octanol–water partition coefficient (Wildman–Crippen LogP) is 3.11. The van der Waals surface area contributed by atoms with E-state index in [-0.39, 0.29) is 11.3 Å². The zero-order chi connectivity index (χ0) is 10.6. The summed E-state index contributed by atoms with van der Waals surface area (Å²) < 4.78 is 25.2. The maximum atomic E-state index is 12.7. The first-order valence-corrected chi connectivity index (χ1v) is 4.31. The second-order valence-electron chi connectivity index (χ2n) is 2.80. The molecule has 0 saturated heterocycles. The predicted molar refractivity (Wildman–Crippen MR) is 50.1 cm³/mol. The van der Waals surface area contributed by atoms with Crippen LogP contribution in [-0.4, -0.2) is 5.78 Å². The van der Waals surface area contributed by atoms with Gasteiger partial charge in [0, 0.05) is 5.56 Å². The molecule has 0 aromatic heterocycles. The molecule has 1 nitrogen and oxygen atoms in total. The van der Waals surface area contributed by atoms with E-state index in [0.717, 1.165) is 18.6 Å². The third-order valence-corrected chi connectivity index (χ3v) is 1.71. The molecule has 0 spiro atoms. The first-order valence-electron chi connectivity index (χ1n) is 4.31. The maximum Gasteiger partial charge on any atom is 0.185 e. The molecule has 0 bridgehead atoms. The summed E-state index contributed by atoms with van der Waals surface area (Å²) in [5.41, 5.74) is 0.161. The van der Waals surface area contributed by atoms with E-state index in [2.05, 4.69) is 0 Å². The SMILES string of the molecule is CC/C=C/C(=O)c1ccc(F)c(F)c1. The zero-order valence-electron chi connectivity index (χ0n) is 7.76. The summed E-state index contributed by atoms with van der Waals surface area (Å²) in [6.07, 6.45) is 3.76. The van der Waals surface area contributed by atoms with E-state index < -0.39 is 11.6 Å². The van der Waals surface area contributed by atoms with Crippen molar-refractivity contribution in [3.63, 3.8) is 0 Å². The van der Waals surface area contributed by atoms with Crippen LogP contribution >= 0.6 is 0 Å². The summed E-state index contributed by atoms with van der Waals surface area (Å²) in [5, 5.41) is 0. The molecule has 0 unspecified atom stereocenters. The van der Waals surface area contributed by atoms with Crippen molar-refractivity contribution in [2.45, 2.75) is 13.3 Å². The molecule has 1 aromatic carbocycles. The van der Waals surface area contributed by atoms with Gasteiger partial charge in [-0.3, -0.25) is 4.79 Å². The second kappa shape index (κ2) is 4.65. The lowest BCUT2D eigenvalue weighted by atomic mass is 10.1. The number of benzene rings is 1. The first kappa shape index (κ1) is 10.6. The molecule has 14 heavy (non-hydrogen) atoms. The Morgan fingerprint density at radius 1 is 1.36 bits per heavy atom. The maximum absolute atomic E-state index is 12.7. The lowest BCUT2D eigenvalue weighted by Gasteiger charge is -1.96. The third kappa shape index (κ3) is 2.49. The molecule has 0 aliphatic carbocycles. The van der Waals surface area contributed by atoms with Crippen LogP contribution in [0.2, 0.25) is 0 Å². The molecule has 0 saturated carbocycles. The summed E-state index contributed by atoms with van der Waals surface area (Å²) in [5.74, 6) is -2.26. The van der Waals surface area contributed by atoms with Gasteiger partial charge in [0.05, 0.1) is 0 Å². The van der Waals surface area contributed by atoms with Crippen LogP contribution in [0.5, 0.6) is 0 Å². The summed E-state index contributed by atoms with van der Waals surface area (Å²) in [7, 11) is 0. The van der Waals surface area contributed by atoms with Gasteiger partial charge in [0.15, 0.2) is 17.4 Å². The normalized spacial score (nSPS) is 10.8. The van der Waals surface area contributed by atoms with Gasteiger partial charge < -0.3 is 0 Å². The van der Waals surface area contributed by atoms with Gasteiger partial charge in [0.2, 0.25) is 0 Å². The highest BCUT2D eigenvalue weighted by molar-refractivity contribution is 6.04. The van der Waals surface area contributed by atoms with Gasteiger partial charge in [0.25, 0.3) is 0 Å². The molecular formula is C11H10F2O. The van der Waals surface area contributed by atoms with Crippen molar-refractivity contribution in [2.24, 2.45) is 0 Å². The average Bonchev–Trinajstić information content (AvgIpc) is 2.18. The van der Waals surface area contributed by atoms with E-state index in [9.17, 15) is 13.6 Å². The zero-order valence-corrected chi connectivity index (χ0v) is 7.76. The van der Waals surface area contributed by atoms with Crippen molar-refractivity contribution < 1.29 is 13.6 Å². The molecule has 3 heteroatoms. The summed E-state index contributed by atoms with van der Waals surface area (Å²) in [4.78, 5) is 11.3. The summed E-state index contributed by atoms with van der Waals surface area (Å²) in [6.45, 7) is 1.88. The largest absolute Gasteiger partial charge is 0.289 e. The minimum atomic E-state index is -0.999. The highest BCUT2D eigenvalue weighted by atomic mass is 19.2. The fourth-order valence-corrected chi connectivity index (χ4v) is 0.971. The average molecular weight is 196 g/mol. The fourth-order valence-electron chi connectivity index (χ4n) is 0.971. The molecule has 0 radical (unpaired) electrons. The van der Waals surface area contributed by atoms with Crippen molar-refractivity contribution in [3.05, 3.63) is 47.5 Å². The molecule has 0 aliphatic heterocycles. The number of carbonyl (C=O) groups excluding carboxylic acids is 1. The van der Waals surface area contributed by atoms with Gasteiger partial charge in [-0.25, -0.2) is 8.78 Å². The van der Waals surface area contributed by atoms with Crippen molar-refractivity contribution in [3.8, 4) is 0 Å². The number of hydrogen-bond acceptors (Lipinski definition) is 1. The molecule has 0 atom stereocenters. The minimum Gasteiger partial charge on any atom is -0.289 e. The minimum absolute atomic E-state index is 0.161. The van der Waals surface area contributed by atoms with Crippen LogP contribution in [0.4, 0.5) is 8.78 Å². The van der Waals surface area contributed by atoms with Crippen LogP contribution in [0, 0.1) is 11.6 Å². The lowest BCUT2D eigenvalue weighted by molar-refractivity contribution is 0.104. The molecule has 0 aliphatic rings. The van der Waals surface area contributed by atoms with Gasteiger partial charge in [-0.1, -0.05) is 13.0 Å². The van der Waals surface area contributed by atoms with Crippen LogP contribution in [0.15, 0.2) is 30.4 Å². The highest BCUT2D eigenvalue weighted by Crippen LogP contribution is 2.09. The van der Waals surface area contributed by atoms with Crippen molar-refractivity contribution in [1.29, 1.82) is 0 Å². The molecule has 1 aromatic rings. The van der Waals surface area contributed by atoms with Crippen molar-refractivity contribution >= 4 is 5.78 Å². The lowest BCUT2D eigenvalue weighted by Crippen LogP contribution is -1.96. The van der Waals surface area contributed by atoms with E-state index in [4.69, 9.17) is 0 Å². The van der Waals surface area contributed by atoms with E-state index in [0.29, 0.717) is 0 Å². The third-order valence-electron chi connectivity index (χ3n) is 1.71. The number of carbonyl (C=O) groups is 1. The van der Waals surface area contributed by atoms with Crippen molar-refractivity contribution in [2.75, 3.05) is 0 Å². The fraction of sp³-hybridized carbons (Fsp3) is 0.182. The quantitative estimate of drug-likeness (QED) is 0.536. The summed E-state index contributed by atoms with van der Waals surface area (Å²) in [6, 6.07) is 3.11. The van der Waals surface area contributed by atoms with Crippen LogP contribution < -0.4 is 0 Å². The topological polar surface area (TPSA) is 17.1 Å².